The molecule has 3 heteroatoms. The maximum Gasteiger partial charge on any atom is 0.101 e. The fraction of sp³-hybridized carbons (Fsp3) is 0.875. The van der Waals surface area contributed by atoms with Crippen molar-refractivity contribution in [3.8, 4) is 0 Å². The summed E-state index contributed by atoms with van der Waals surface area (Å²) in [6.45, 7) is 4.13. The Morgan fingerprint density at radius 1 is 1.55 bits per heavy atom. The van der Waals surface area contributed by atoms with E-state index in [0.29, 0.717) is 0 Å². The summed E-state index contributed by atoms with van der Waals surface area (Å²) >= 11 is 0. The van der Waals surface area contributed by atoms with Gasteiger partial charge in [0.25, 0.3) is 0 Å². The van der Waals surface area contributed by atoms with Gasteiger partial charge < -0.3 is 5.73 Å². The highest BCUT2D eigenvalue weighted by atomic mass is 15.2. The first-order valence-corrected chi connectivity index (χ1v) is 4.06. The molecule has 0 aromatic carbocycles. The van der Waals surface area contributed by atoms with E-state index in [-0.39, 0.29) is 6.17 Å². The summed E-state index contributed by atoms with van der Waals surface area (Å²) in [5.74, 6) is 0.758. The van der Waals surface area contributed by atoms with Gasteiger partial charge in [-0.2, -0.15) is 0 Å². The summed E-state index contributed by atoms with van der Waals surface area (Å²) in [5, 5.41) is 0. The Labute approximate surface area is 69.3 Å². The summed E-state index contributed by atoms with van der Waals surface area (Å²) in [7, 11) is 3.99. The van der Waals surface area contributed by atoms with Crippen LogP contribution in [0.5, 0.6) is 0 Å². The van der Waals surface area contributed by atoms with Crippen molar-refractivity contribution in [2.45, 2.75) is 32.9 Å². The summed E-state index contributed by atoms with van der Waals surface area (Å²) in [5.41, 5.74) is 5.65. The topological polar surface area (TPSA) is 41.6 Å². The third-order valence-electron chi connectivity index (χ3n) is 1.61. The maximum atomic E-state index is 5.65. The number of amidine groups is 1. The van der Waals surface area contributed by atoms with Gasteiger partial charge in [-0.25, -0.2) is 0 Å². The van der Waals surface area contributed by atoms with Crippen molar-refractivity contribution in [2.24, 2.45) is 10.7 Å². The average molecular weight is 157 g/mol. The summed E-state index contributed by atoms with van der Waals surface area (Å²) in [6.07, 6.45) is 2.16. The van der Waals surface area contributed by atoms with E-state index < -0.39 is 0 Å². The number of hydrogen-bond acceptors (Lipinski definition) is 2. The lowest BCUT2D eigenvalue weighted by molar-refractivity contribution is 0.323. The molecule has 0 radical (unpaired) electrons. The largest absolute Gasteiger partial charge is 0.387 e. The second-order valence-corrected chi connectivity index (χ2v) is 2.97. The van der Waals surface area contributed by atoms with Gasteiger partial charge >= 0.3 is 0 Å². The third kappa shape index (κ3) is 4.79. The molecule has 0 fully saturated rings. The molecule has 0 rings (SSSR count). The van der Waals surface area contributed by atoms with Crippen LogP contribution in [0.4, 0.5) is 0 Å². The van der Waals surface area contributed by atoms with Gasteiger partial charge in [-0.3, -0.25) is 9.89 Å². The van der Waals surface area contributed by atoms with E-state index in [2.05, 4.69) is 11.9 Å². The molecule has 0 aromatic rings. The molecule has 0 aliphatic heterocycles. The molecular weight excluding hydrogens is 138 g/mol. The van der Waals surface area contributed by atoms with E-state index in [1.165, 1.54) is 0 Å². The molecule has 1 unspecified atom stereocenters. The highest BCUT2D eigenvalue weighted by molar-refractivity contribution is 5.80. The third-order valence-corrected chi connectivity index (χ3v) is 1.61. The number of aliphatic imine (C=N–C) groups is 1. The van der Waals surface area contributed by atoms with E-state index >= 15 is 0 Å². The highest BCUT2D eigenvalue weighted by Gasteiger charge is 2.00. The first-order chi connectivity index (χ1) is 5.07. The van der Waals surface area contributed by atoms with E-state index in [1.54, 1.807) is 0 Å². The number of rotatable bonds is 4. The monoisotopic (exact) mass is 157 g/mol. The Morgan fingerprint density at radius 2 is 2.09 bits per heavy atom. The number of nitrogens with zero attached hydrogens (tertiary/aromatic N) is 2. The molecule has 0 bridgehead atoms. The molecule has 0 aliphatic rings. The molecule has 0 heterocycles. The van der Waals surface area contributed by atoms with E-state index in [0.717, 1.165) is 18.7 Å². The van der Waals surface area contributed by atoms with Gasteiger partial charge in [-0.15, -0.1) is 0 Å². The zero-order valence-electron chi connectivity index (χ0n) is 7.96. The normalized spacial score (nSPS) is 15.5. The van der Waals surface area contributed by atoms with Gasteiger partial charge in [-0.1, -0.05) is 6.92 Å². The minimum atomic E-state index is 0.196. The van der Waals surface area contributed by atoms with Crippen molar-refractivity contribution in [3.63, 3.8) is 0 Å². The van der Waals surface area contributed by atoms with Gasteiger partial charge in [0.05, 0.1) is 5.84 Å². The fourth-order valence-corrected chi connectivity index (χ4v) is 0.676. The van der Waals surface area contributed by atoms with Crippen LogP contribution in [-0.4, -0.2) is 31.0 Å². The molecule has 0 saturated carbocycles. The molecule has 3 nitrogen and oxygen atoms in total. The van der Waals surface area contributed by atoms with Gasteiger partial charge in [0, 0.05) is 6.42 Å². The molecular formula is C8H19N3. The Bertz CT molecular complexity index is 129. The van der Waals surface area contributed by atoms with E-state index in [9.17, 15) is 0 Å². The molecule has 0 saturated heterocycles. The Balaban J connectivity index is 3.86. The lowest BCUT2D eigenvalue weighted by Crippen LogP contribution is -2.26. The predicted molar refractivity (Wildman–Crippen MR) is 49.7 cm³/mol. The Hall–Kier alpha value is -0.570. The zero-order valence-corrected chi connectivity index (χ0v) is 7.96. The summed E-state index contributed by atoms with van der Waals surface area (Å²) in [4.78, 5) is 6.32. The van der Waals surface area contributed by atoms with Crippen LogP contribution in [-0.2, 0) is 0 Å². The standard InChI is InChI=1S/C8H19N3/c1-5-6-8(9)10-7(2)11(3)4/h7H,5-6H2,1-4H3,(H2,9,10). The van der Waals surface area contributed by atoms with Crippen molar-refractivity contribution in [2.75, 3.05) is 14.1 Å². The zero-order chi connectivity index (χ0) is 8.85. The van der Waals surface area contributed by atoms with Crippen LogP contribution in [0.25, 0.3) is 0 Å². The van der Waals surface area contributed by atoms with Crippen LogP contribution >= 0.6 is 0 Å². The van der Waals surface area contributed by atoms with Crippen LogP contribution in [0.2, 0.25) is 0 Å². The quantitative estimate of drug-likeness (QED) is 0.489. The minimum Gasteiger partial charge on any atom is -0.387 e. The molecule has 0 spiro atoms. The maximum absolute atomic E-state index is 5.65. The molecule has 11 heavy (non-hydrogen) atoms. The molecule has 2 N–H and O–H groups in total. The first kappa shape index (κ1) is 10.4. The second-order valence-electron chi connectivity index (χ2n) is 2.97. The van der Waals surface area contributed by atoms with Gasteiger partial charge in [0.2, 0.25) is 0 Å². The smallest absolute Gasteiger partial charge is 0.101 e. The van der Waals surface area contributed by atoms with Crippen LogP contribution in [0.3, 0.4) is 0 Å². The predicted octanol–water partition coefficient (Wildman–Crippen LogP) is 1.05. The van der Waals surface area contributed by atoms with Crippen LogP contribution in [0.15, 0.2) is 4.99 Å². The van der Waals surface area contributed by atoms with Crippen LogP contribution in [0, 0.1) is 0 Å². The van der Waals surface area contributed by atoms with Gasteiger partial charge in [-0.05, 0) is 27.4 Å². The lowest BCUT2D eigenvalue weighted by Gasteiger charge is -2.15. The number of nitrogens with two attached hydrogens (primary N) is 1. The van der Waals surface area contributed by atoms with Crippen molar-refractivity contribution >= 4 is 5.84 Å². The number of hydrogen-bond donors (Lipinski definition) is 1. The Kier molecular flexibility index (Phi) is 4.86. The second kappa shape index (κ2) is 5.13. The molecule has 0 aromatic heterocycles. The SMILES string of the molecule is CCCC(N)=NC(C)N(C)C. The first-order valence-electron chi connectivity index (χ1n) is 4.06. The van der Waals surface area contributed by atoms with Crippen LogP contribution in [0.1, 0.15) is 26.7 Å². The summed E-state index contributed by atoms with van der Waals surface area (Å²) in [6, 6.07) is 0. The molecule has 1 atom stereocenters. The van der Waals surface area contributed by atoms with Crippen LogP contribution < -0.4 is 5.73 Å². The van der Waals surface area contributed by atoms with Crippen molar-refractivity contribution < 1.29 is 0 Å². The van der Waals surface area contributed by atoms with E-state index in [4.69, 9.17) is 5.73 Å². The summed E-state index contributed by atoms with van der Waals surface area (Å²) < 4.78 is 0. The minimum absolute atomic E-state index is 0.196. The van der Waals surface area contributed by atoms with Crippen molar-refractivity contribution in [3.05, 3.63) is 0 Å². The van der Waals surface area contributed by atoms with Gasteiger partial charge in [0.15, 0.2) is 0 Å². The molecule has 66 valence electrons. The highest BCUT2D eigenvalue weighted by Crippen LogP contribution is 1.95. The van der Waals surface area contributed by atoms with E-state index in [1.807, 2.05) is 25.9 Å². The fourth-order valence-electron chi connectivity index (χ4n) is 0.676. The average Bonchev–Trinajstić information content (AvgIpc) is 1.87. The van der Waals surface area contributed by atoms with Gasteiger partial charge in [0.1, 0.15) is 6.17 Å². The molecule has 0 aliphatic carbocycles. The Morgan fingerprint density at radius 3 is 2.45 bits per heavy atom. The molecule has 0 amide bonds. The lowest BCUT2D eigenvalue weighted by atomic mass is 10.3. The van der Waals surface area contributed by atoms with Crippen molar-refractivity contribution in [1.29, 1.82) is 0 Å². The van der Waals surface area contributed by atoms with Crippen molar-refractivity contribution in [1.82, 2.24) is 4.90 Å².